The molecule has 1 radical (unpaired) electrons. The molecule has 0 aliphatic heterocycles. The van der Waals surface area contributed by atoms with Gasteiger partial charge in [-0.2, -0.15) is 11.3 Å². The molecule has 10 rings (SSSR count). The minimum atomic E-state index is -2.14. The summed E-state index contributed by atoms with van der Waals surface area (Å²) in [5.74, 6) is 8.53. The second-order valence-corrected chi connectivity index (χ2v) is 29.4. The van der Waals surface area contributed by atoms with Crippen LogP contribution in [0, 0.1) is 19.0 Å². The summed E-state index contributed by atoms with van der Waals surface area (Å²) in [6.45, 7) is 6.95. The number of fused-ring (bicyclic) bond motifs is 4. The molecule has 0 saturated carbocycles. The minimum Gasteiger partial charge on any atom is 0 e. The Bertz CT molecular complexity index is 3290. The molecule has 0 spiro atoms. The summed E-state index contributed by atoms with van der Waals surface area (Å²) in [5.41, 5.74) is 13.2. The van der Waals surface area contributed by atoms with Gasteiger partial charge in [0.2, 0.25) is 0 Å². The van der Waals surface area contributed by atoms with Crippen LogP contribution in [0.25, 0.3) is 82.1 Å². The summed E-state index contributed by atoms with van der Waals surface area (Å²) in [6.07, 6.45) is 2.04. The number of para-hydroxylation sites is 2. The molecule has 0 amide bonds. The number of hydrogen-bond donors (Lipinski definition) is 0. The number of rotatable bonds is 8. The maximum Gasteiger partial charge on any atom is 0 e. The molecule has 0 aliphatic rings. The van der Waals surface area contributed by atoms with Crippen molar-refractivity contribution in [3.8, 4) is 50.7 Å². The van der Waals surface area contributed by atoms with Gasteiger partial charge in [0.05, 0.1) is 22.6 Å². The Hall–Kier alpha value is -5.50. The SMILES string of the molecule is [2H]C([2H])([2H])c1ccc(-c2ccc3c(n2)sc2c(-c4nc5ccccc5n4-c4c(C(C)C)cc(-c5ccccc5)cc4C(C)C)[c-]ccc23)cc1.[CH3][Ge]([CH3])([CH3])[c]1ccc(-c2[c-]cccc2)nc1.[Ir]. The number of imidazole rings is 1. The Kier molecular flexibility index (Phi) is 12.2. The molecule has 4 aromatic heterocycles. The van der Waals surface area contributed by atoms with Gasteiger partial charge in [-0.25, -0.2) is 4.98 Å². The van der Waals surface area contributed by atoms with Crippen molar-refractivity contribution < 1.29 is 24.2 Å². The van der Waals surface area contributed by atoms with Crippen LogP contribution in [0.5, 0.6) is 0 Å². The van der Waals surface area contributed by atoms with Crippen molar-refractivity contribution in [2.24, 2.45) is 0 Å². The predicted molar refractivity (Wildman–Crippen MR) is 271 cm³/mol. The summed E-state index contributed by atoms with van der Waals surface area (Å²) in [4.78, 5) is 15.9. The maximum atomic E-state index is 7.73. The molecule has 0 saturated heterocycles. The molecular weight excluding hydrogens is 1040 g/mol. The molecule has 64 heavy (non-hydrogen) atoms. The van der Waals surface area contributed by atoms with E-state index in [0.717, 1.165) is 65.2 Å². The van der Waals surface area contributed by atoms with Gasteiger partial charge >= 0.3 is 99.8 Å². The van der Waals surface area contributed by atoms with Gasteiger partial charge in [-0.15, -0.1) is 18.2 Å². The van der Waals surface area contributed by atoms with E-state index in [-0.39, 0.29) is 31.9 Å². The summed E-state index contributed by atoms with van der Waals surface area (Å²) >= 11 is -0.0677. The number of aromatic nitrogens is 4. The number of hydrogen-bond acceptors (Lipinski definition) is 4. The molecule has 0 unspecified atom stereocenters. The van der Waals surface area contributed by atoms with Crippen molar-refractivity contribution in [3.05, 3.63) is 187 Å². The van der Waals surface area contributed by atoms with E-state index in [1.165, 1.54) is 32.3 Å². The van der Waals surface area contributed by atoms with Crippen LogP contribution in [0.2, 0.25) is 17.3 Å². The Balaban J connectivity index is 0.000000303. The van der Waals surface area contributed by atoms with Crippen LogP contribution in [0.4, 0.5) is 0 Å². The molecule has 0 aliphatic carbocycles. The molecule has 7 heteroatoms. The standard InChI is InChI=1S/C43H36N3S.C14H16GeN.Ir/c1-26(2)35-24-31(29-12-7-6-8-13-29)25-36(27(3)4)40(35)46-39-17-10-9-16-38(39)44-42(46)34-15-11-14-32-33-22-23-37(45-43(33)47-41(32)34)30-20-18-28(5)19-21-30;1-15(2,3)13-9-10-14(16-11-13)12-7-5-4-6-8-12;/h6-14,16-27H,1-5H3;4-7,9-11H,1-3H3;/q2*-1;/i5D3;;. The first kappa shape index (κ1) is 41.2. The Labute approximate surface area is 402 Å². The first-order chi connectivity index (χ1) is 31.7. The molecule has 0 fully saturated rings. The molecule has 4 heterocycles. The van der Waals surface area contributed by atoms with E-state index >= 15 is 0 Å². The second-order valence-electron chi connectivity index (χ2n) is 17.7. The number of nitrogens with zero attached hydrogens (tertiary/aromatic N) is 4. The van der Waals surface area contributed by atoms with E-state index in [2.05, 4.69) is 158 Å². The molecule has 6 aromatic carbocycles. The van der Waals surface area contributed by atoms with Crippen molar-refractivity contribution in [3.63, 3.8) is 0 Å². The number of thiophene rings is 1. The van der Waals surface area contributed by atoms with E-state index in [0.29, 0.717) is 5.56 Å². The fraction of sp³-hybridized carbons (Fsp3) is 0.175. The zero-order valence-corrected chi connectivity index (χ0v) is 42.5. The van der Waals surface area contributed by atoms with Crippen LogP contribution < -0.4 is 4.40 Å². The third-order valence-corrected chi connectivity index (χ3v) is 17.0. The smallest absolute Gasteiger partial charge is 0 e. The van der Waals surface area contributed by atoms with Crippen LogP contribution in [-0.2, 0) is 20.1 Å². The van der Waals surface area contributed by atoms with Gasteiger partial charge in [0.1, 0.15) is 4.83 Å². The summed E-state index contributed by atoms with van der Waals surface area (Å²) in [5, 5.41) is 2.19. The Morgan fingerprint density at radius 2 is 1.34 bits per heavy atom. The van der Waals surface area contributed by atoms with Crippen LogP contribution in [0.3, 0.4) is 0 Å². The average Bonchev–Trinajstić information content (AvgIpc) is 3.90. The van der Waals surface area contributed by atoms with Crippen molar-refractivity contribution in [1.29, 1.82) is 0 Å². The van der Waals surface area contributed by atoms with E-state index in [4.69, 9.17) is 14.1 Å². The zero-order valence-electron chi connectivity index (χ0n) is 40.2. The summed E-state index contributed by atoms with van der Waals surface area (Å²) < 4.78 is 28.1. The van der Waals surface area contributed by atoms with Crippen molar-refractivity contribution in [2.45, 2.75) is 63.7 Å². The largest absolute Gasteiger partial charge is 0 e. The van der Waals surface area contributed by atoms with Crippen LogP contribution >= 0.6 is 11.3 Å². The molecule has 0 N–H and O–H groups in total. The molecule has 321 valence electrons. The van der Waals surface area contributed by atoms with Gasteiger partial charge < -0.3 is 4.57 Å². The number of pyridine rings is 2. The summed E-state index contributed by atoms with van der Waals surface area (Å²) in [6, 6.07) is 58.1. The van der Waals surface area contributed by atoms with E-state index in [1.807, 2.05) is 54.7 Å². The monoisotopic (exact) mass is 1090 g/mol. The van der Waals surface area contributed by atoms with Gasteiger partial charge in [-0.3, -0.25) is 4.98 Å². The number of benzene rings is 6. The zero-order chi connectivity index (χ0) is 46.3. The minimum absolute atomic E-state index is 0. The van der Waals surface area contributed by atoms with E-state index < -0.39 is 20.1 Å². The van der Waals surface area contributed by atoms with E-state index in [9.17, 15) is 0 Å². The van der Waals surface area contributed by atoms with Gasteiger partial charge in [-0.1, -0.05) is 117 Å². The molecule has 0 atom stereocenters. The molecule has 10 aromatic rings. The average molecular weight is 1090 g/mol. The van der Waals surface area contributed by atoms with Gasteiger partial charge in [-0.05, 0) is 81.4 Å². The Morgan fingerprint density at radius 3 is 2.00 bits per heavy atom. The fourth-order valence-electron chi connectivity index (χ4n) is 8.18. The first-order valence-electron chi connectivity index (χ1n) is 23.2. The van der Waals surface area contributed by atoms with Gasteiger partial charge in [0.25, 0.3) is 0 Å². The first-order valence-corrected chi connectivity index (χ1v) is 29.8. The third-order valence-electron chi connectivity index (χ3n) is 11.6. The van der Waals surface area contributed by atoms with Gasteiger partial charge in [0, 0.05) is 35.5 Å². The Morgan fingerprint density at radius 1 is 0.641 bits per heavy atom. The molecule has 0 bridgehead atoms. The maximum absolute atomic E-state index is 7.73. The van der Waals surface area contributed by atoms with Crippen LogP contribution in [0.1, 0.15) is 60.3 Å². The number of aryl methyl sites for hydroxylation is 1. The quantitative estimate of drug-likeness (QED) is 0.112. The fourth-order valence-corrected chi connectivity index (χ4v) is 11.5. The topological polar surface area (TPSA) is 43.6 Å². The van der Waals surface area contributed by atoms with Gasteiger partial charge in [0.15, 0.2) is 0 Å². The van der Waals surface area contributed by atoms with Crippen molar-refractivity contribution >= 4 is 60.3 Å². The second kappa shape index (κ2) is 18.9. The van der Waals surface area contributed by atoms with Crippen molar-refractivity contribution in [2.75, 3.05) is 0 Å². The van der Waals surface area contributed by atoms with E-state index in [1.54, 1.807) is 23.5 Å². The molecular formula is C57H52GeIrN4S-2. The third kappa shape index (κ3) is 9.07. The van der Waals surface area contributed by atoms with Crippen molar-refractivity contribution in [1.82, 2.24) is 19.5 Å². The van der Waals surface area contributed by atoms with Crippen LogP contribution in [0.15, 0.2) is 158 Å². The van der Waals surface area contributed by atoms with Crippen LogP contribution in [-0.4, -0.2) is 32.8 Å². The molecule has 4 nitrogen and oxygen atoms in total. The normalized spacial score (nSPS) is 12.5. The summed E-state index contributed by atoms with van der Waals surface area (Å²) in [7, 11) is 0. The predicted octanol–water partition coefficient (Wildman–Crippen LogP) is 15.2.